The minimum atomic E-state index is -4.67. The largest absolute Gasteiger partial charge is 0.497 e. The van der Waals surface area contributed by atoms with Crippen LogP contribution in [0.1, 0.15) is 44.6 Å². The quantitative estimate of drug-likeness (QED) is 0.498. The van der Waals surface area contributed by atoms with Gasteiger partial charge in [-0.15, -0.1) is 0 Å². The van der Waals surface area contributed by atoms with Gasteiger partial charge in [0.15, 0.2) is 24.0 Å². The molecule has 0 N–H and O–H groups in total. The van der Waals surface area contributed by atoms with Crippen LogP contribution in [0, 0.1) is 17.6 Å². The van der Waals surface area contributed by atoms with E-state index in [4.69, 9.17) is 4.74 Å². The van der Waals surface area contributed by atoms with Crippen LogP contribution < -0.4 is 4.74 Å². The highest BCUT2D eigenvalue weighted by Crippen LogP contribution is 2.34. The molecule has 0 amide bonds. The average Bonchev–Trinajstić information content (AvgIpc) is 2.67. The molecular formula is C22H23F5O2. The third-order valence-corrected chi connectivity index (χ3v) is 5.05. The second-order valence-electron chi connectivity index (χ2n) is 7.32. The van der Waals surface area contributed by atoms with Gasteiger partial charge in [0.1, 0.15) is 0 Å². The molecule has 1 aliphatic carbocycles. The average molecular weight is 414 g/mol. The number of hydrogen-bond acceptors (Lipinski definition) is 2. The van der Waals surface area contributed by atoms with Crippen LogP contribution in [-0.2, 0) is 4.74 Å². The monoisotopic (exact) mass is 414 g/mol. The summed E-state index contributed by atoms with van der Waals surface area (Å²) in [6, 6.07) is 1.96. The molecule has 29 heavy (non-hydrogen) atoms. The number of hydrogen-bond donors (Lipinski definition) is 0. The Labute approximate surface area is 166 Å². The molecule has 0 aromatic heterocycles. The standard InChI is InChI=1S/C22H23F5O2/c1-2-3-14-4-9-20(28-12-14)16-7-5-15(6-8-16)17-10-18(23)21(19(24)11-17)29-13-22(25,26)27/h5-7,10-11,14H,2-4,8-9,12-13H2,1H3/b20-16+. The summed E-state index contributed by atoms with van der Waals surface area (Å²) in [5.41, 5.74) is 1.87. The minimum absolute atomic E-state index is 0.243. The Morgan fingerprint density at radius 1 is 1.14 bits per heavy atom. The summed E-state index contributed by atoms with van der Waals surface area (Å²) >= 11 is 0. The smallest absolute Gasteiger partial charge is 0.422 e. The third kappa shape index (κ3) is 5.61. The highest BCUT2D eigenvalue weighted by Gasteiger charge is 2.30. The molecule has 1 atom stereocenters. The molecule has 1 aliphatic heterocycles. The Bertz CT molecular complexity index is 803. The Hall–Kier alpha value is -2.31. The zero-order valence-electron chi connectivity index (χ0n) is 16.1. The lowest BCUT2D eigenvalue weighted by Crippen LogP contribution is -2.20. The van der Waals surface area contributed by atoms with Gasteiger partial charge in [0.05, 0.1) is 12.4 Å². The van der Waals surface area contributed by atoms with Crippen LogP contribution in [0.15, 0.2) is 41.7 Å². The van der Waals surface area contributed by atoms with Gasteiger partial charge >= 0.3 is 6.18 Å². The molecule has 1 aromatic carbocycles. The van der Waals surface area contributed by atoms with Crippen LogP contribution in [-0.4, -0.2) is 19.4 Å². The highest BCUT2D eigenvalue weighted by molar-refractivity contribution is 5.77. The van der Waals surface area contributed by atoms with Gasteiger partial charge in [0.2, 0.25) is 0 Å². The Balaban J connectivity index is 1.69. The molecule has 1 aromatic rings. The lowest BCUT2D eigenvalue weighted by Gasteiger charge is -2.26. The van der Waals surface area contributed by atoms with Gasteiger partial charge < -0.3 is 9.47 Å². The van der Waals surface area contributed by atoms with Crippen LogP contribution in [0.5, 0.6) is 5.75 Å². The van der Waals surface area contributed by atoms with E-state index in [0.29, 0.717) is 24.5 Å². The van der Waals surface area contributed by atoms with Crippen LogP contribution >= 0.6 is 0 Å². The molecule has 2 nitrogen and oxygen atoms in total. The van der Waals surface area contributed by atoms with Gasteiger partial charge in [-0.05, 0) is 54.0 Å². The van der Waals surface area contributed by atoms with Gasteiger partial charge in [-0.25, -0.2) is 8.78 Å². The van der Waals surface area contributed by atoms with Crippen molar-refractivity contribution in [3.05, 3.63) is 58.9 Å². The molecule has 0 bridgehead atoms. The van der Waals surface area contributed by atoms with Gasteiger partial charge in [-0.2, -0.15) is 13.2 Å². The summed E-state index contributed by atoms with van der Waals surface area (Å²) in [6.07, 6.45) is 5.58. The molecule has 0 spiro atoms. The van der Waals surface area contributed by atoms with E-state index >= 15 is 0 Å². The van der Waals surface area contributed by atoms with E-state index in [-0.39, 0.29) is 5.56 Å². The maximum Gasteiger partial charge on any atom is 0.422 e. The summed E-state index contributed by atoms with van der Waals surface area (Å²) in [6.45, 7) is 1.12. The van der Waals surface area contributed by atoms with Crippen molar-refractivity contribution in [2.24, 2.45) is 5.92 Å². The zero-order chi connectivity index (χ0) is 21.0. The van der Waals surface area contributed by atoms with Crippen molar-refractivity contribution in [2.45, 2.75) is 45.2 Å². The number of alkyl halides is 3. The molecule has 0 radical (unpaired) electrons. The molecule has 0 saturated carbocycles. The topological polar surface area (TPSA) is 18.5 Å². The zero-order valence-corrected chi connectivity index (χ0v) is 16.1. The van der Waals surface area contributed by atoms with Crippen molar-refractivity contribution in [3.8, 4) is 5.75 Å². The van der Waals surface area contributed by atoms with Gasteiger partial charge in [-0.1, -0.05) is 31.6 Å². The van der Waals surface area contributed by atoms with E-state index in [1.165, 1.54) is 0 Å². The number of benzene rings is 1. The lowest BCUT2D eigenvalue weighted by atomic mass is 9.91. The van der Waals surface area contributed by atoms with Crippen molar-refractivity contribution in [1.82, 2.24) is 0 Å². The predicted octanol–water partition coefficient (Wildman–Crippen LogP) is 6.73. The molecule has 1 fully saturated rings. The maximum absolute atomic E-state index is 14.1. The fourth-order valence-corrected chi connectivity index (χ4v) is 3.58. The van der Waals surface area contributed by atoms with E-state index in [9.17, 15) is 22.0 Å². The molecule has 7 heteroatoms. The highest BCUT2D eigenvalue weighted by atomic mass is 19.4. The molecule has 1 unspecified atom stereocenters. The fraction of sp³-hybridized carbons (Fsp3) is 0.455. The maximum atomic E-state index is 14.1. The first-order valence-corrected chi connectivity index (χ1v) is 9.69. The van der Waals surface area contributed by atoms with Gasteiger partial charge in [0, 0.05) is 6.42 Å². The summed E-state index contributed by atoms with van der Waals surface area (Å²) < 4.78 is 75.0. The van der Waals surface area contributed by atoms with Crippen molar-refractivity contribution in [1.29, 1.82) is 0 Å². The molecule has 1 saturated heterocycles. The first kappa shape index (κ1) is 21.4. The van der Waals surface area contributed by atoms with Crippen molar-refractivity contribution < 1.29 is 31.4 Å². The van der Waals surface area contributed by atoms with Crippen LogP contribution in [0.4, 0.5) is 22.0 Å². The van der Waals surface area contributed by atoms with E-state index < -0.39 is 30.2 Å². The van der Waals surface area contributed by atoms with Gasteiger partial charge in [0.25, 0.3) is 0 Å². The van der Waals surface area contributed by atoms with E-state index in [1.54, 1.807) is 6.08 Å². The number of rotatable bonds is 5. The first-order valence-electron chi connectivity index (χ1n) is 9.69. The molecule has 158 valence electrons. The van der Waals surface area contributed by atoms with Crippen LogP contribution in [0.25, 0.3) is 5.57 Å². The number of ether oxygens (including phenoxy) is 2. The Morgan fingerprint density at radius 2 is 1.86 bits per heavy atom. The molecular weight excluding hydrogens is 391 g/mol. The summed E-state index contributed by atoms with van der Waals surface area (Å²) in [5, 5.41) is 0. The van der Waals surface area contributed by atoms with E-state index in [1.807, 2.05) is 12.2 Å². The molecule has 1 heterocycles. The second-order valence-corrected chi connectivity index (χ2v) is 7.32. The molecule has 3 rings (SSSR count). The number of allylic oxidation sites excluding steroid dienone is 6. The van der Waals surface area contributed by atoms with Crippen LogP contribution in [0.3, 0.4) is 0 Å². The van der Waals surface area contributed by atoms with Crippen molar-refractivity contribution in [3.63, 3.8) is 0 Å². The third-order valence-electron chi connectivity index (χ3n) is 5.05. The van der Waals surface area contributed by atoms with E-state index in [0.717, 1.165) is 49.1 Å². The first-order chi connectivity index (χ1) is 13.8. The Morgan fingerprint density at radius 3 is 2.38 bits per heavy atom. The second kappa shape index (κ2) is 9.01. The minimum Gasteiger partial charge on any atom is -0.497 e. The fourth-order valence-electron chi connectivity index (χ4n) is 3.58. The lowest BCUT2D eigenvalue weighted by molar-refractivity contribution is -0.154. The van der Waals surface area contributed by atoms with Crippen molar-refractivity contribution in [2.75, 3.05) is 13.2 Å². The predicted molar refractivity (Wildman–Crippen MR) is 100 cm³/mol. The van der Waals surface area contributed by atoms with E-state index in [2.05, 4.69) is 11.7 Å². The van der Waals surface area contributed by atoms with Crippen LogP contribution in [0.2, 0.25) is 0 Å². The normalized spacial score (nSPS) is 22.3. The summed E-state index contributed by atoms with van der Waals surface area (Å²) in [7, 11) is 0. The summed E-state index contributed by atoms with van der Waals surface area (Å²) in [4.78, 5) is 0. The SMILES string of the molecule is CCCC1CC/C(=C2/C=CC(c3cc(F)c(OCC(F)(F)F)c(F)c3)=CC2)OC1. The van der Waals surface area contributed by atoms with Gasteiger partial charge in [-0.3, -0.25) is 0 Å². The Kier molecular flexibility index (Phi) is 6.65. The van der Waals surface area contributed by atoms with Crippen molar-refractivity contribution >= 4 is 5.57 Å². The molecule has 2 aliphatic rings. The summed E-state index contributed by atoms with van der Waals surface area (Å²) in [5.74, 6) is -1.81. The number of halogens is 5.